The Kier molecular flexibility index (Phi) is 4.84. The molecule has 1 aromatic carbocycles. The van der Waals surface area contributed by atoms with Crippen LogP contribution in [0.2, 0.25) is 0 Å². The summed E-state index contributed by atoms with van der Waals surface area (Å²) in [5, 5.41) is 3.79. The molecule has 5 nitrogen and oxygen atoms in total. The van der Waals surface area contributed by atoms with Gasteiger partial charge >= 0.3 is 0 Å². The number of H-pyrrole nitrogens is 1. The van der Waals surface area contributed by atoms with Crippen LogP contribution in [0.15, 0.2) is 6.07 Å². The van der Waals surface area contributed by atoms with Crippen LogP contribution in [0.1, 0.15) is 72.1 Å². The van der Waals surface area contributed by atoms with Crippen LogP contribution in [0.25, 0.3) is 10.9 Å². The number of amides is 2. The molecule has 1 heterocycles. The van der Waals surface area contributed by atoms with Gasteiger partial charge in [0.25, 0.3) is 11.8 Å². The Balaban J connectivity index is 1.77. The summed E-state index contributed by atoms with van der Waals surface area (Å²) in [5.41, 5.74) is 9.26. The molecule has 4 rings (SSSR count). The van der Waals surface area contributed by atoms with Gasteiger partial charge in [-0.3, -0.25) is 9.59 Å². The van der Waals surface area contributed by atoms with Gasteiger partial charge in [0, 0.05) is 22.7 Å². The average molecular weight is 381 g/mol. The molecule has 2 aliphatic rings. The minimum Gasteiger partial charge on any atom is -0.366 e. The van der Waals surface area contributed by atoms with Gasteiger partial charge < -0.3 is 16.0 Å². The van der Waals surface area contributed by atoms with Crippen LogP contribution in [0.4, 0.5) is 4.39 Å². The maximum atomic E-state index is 15.2. The Morgan fingerprint density at radius 3 is 2.86 bits per heavy atom. The molecule has 146 valence electrons. The summed E-state index contributed by atoms with van der Waals surface area (Å²) < 4.78 is 15.2. The van der Waals surface area contributed by atoms with E-state index in [0.29, 0.717) is 17.5 Å². The van der Waals surface area contributed by atoms with Gasteiger partial charge in [0.2, 0.25) is 0 Å². The van der Waals surface area contributed by atoms with Gasteiger partial charge in [-0.2, -0.15) is 0 Å². The van der Waals surface area contributed by atoms with Crippen LogP contribution < -0.4 is 11.1 Å². The number of benzene rings is 1. The molecule has 4 N–H and O–H groups in total. The second-order valence-corrected chi connectivity index (χ2v) is 7.78. The van der Waals surface area contributed by atoms with Crippen LogP contribution in [0.3, 0.4) is 0 Å². The summed E-state index contributed by atoms with van der Waals surface area (Å²) in [6.45, 7) is 1.63. The first kappa shape index (κ1) is 18.5. The topological polar surface area (TPSA) is 88.0 Å². The van der Waals surface area contributed by atoms with Crippen molar-refractivity contribution in [1.82, 2.24) is 10.3 Å². The number of halogens is 1. The maximum Gasteiger partial charge on any atom is 0.296 e. The van der Waals surface area contributed by atoms with E-state index in [1.165, 1.54) is 6.07 Å². The minimum atomic E-state index is -0.623. The third-order valence-corrected chi connectivity index (χ3v) is 6.03. The van der Waals surface area contributed by atoms with Crippen LogP contribution in [-0.4, -0.2) is 22.8 Å². The molecule has 0 unspecified atom stereocenters. The fourth-order valence-electron chi connectivity index (χ4n) is 4.93. The van der Waals surface area contributed by atoms with E-state index in [1.807, 2.05) is 0 Å². The van der Waals surface area contributed by atoms with Crippen LogP contribution in [0.5, 0.6) is 0 Å². The zero-order valence-corrected chi connectivity index (χ0v) is 16.0. The van der Waals surface area contributed by atoms with Gasteiger partial charge in [0.05, 0.1) is 11.1 Å². The monoisotopic (exact) mass is 381 g/mol. The lowest BCUT2D eigenvalue weighted by Gasteiger charge is -2.30. The zero-order valence-electron chi connectivity index (χ0n) is 16.0. The number of nitrogens with one attached hydrogen (secondary N) is 2. The van der Waals surface area contributed by atoms with Crippen LogP contribution >= 0.6 is 0 Å². The van der Waals surface area contributed by atoms with Crippen LogP contribution in [0, 0.1) is 17.7 Å². The Morgan fingerprint density at radius 2 is 2.11 bits per heavy atom. The average Bonchev–Trinajstić information content (AvgIpc) is 3.23. The van der Waals surface area contributed by atoms with E-state index in [2.05, 4.69) is 22.1 Å². The Morgan fingerprint density at radius 1 is 1.29 bits per heavy atom. The predicted octanol–water partition coefficient (Wildman–Crippen LogP) is 3.06. The van der Waals surface area contributed by atoms with E-state index < -0.39 is 5.91 Å². The smallest absolute Gasteiger partial charge is 0.296 e. The van der Waals surface area contributed by atoms with E-state index in [1.54, 1.807) is 6.92 Å². The first-order valence-corrected chi connectivity index (χ1v) is 9.88. The van der Waals surface area contributed by atoms with Crippen molar-refractivity contribution in [2.24, 2.45) is 5.73 Å². The number of rotatable bonds is 3. The molecule has 6 heteroatoms. The summed E-state index contributed by atoms with van der Waals surface area (Å²) in [5.74, 6) is 3.81. The SMILES string of the molecule is CC#CC(=O)N[C@H]1CCC[C@H](c2c(F)cc(C(N)=O)c3[nH]c4c(c23)CCC4)C1. The Labute approximate surface area is 163 Å². The molecule has 0 spiro atoms. The number of nitrogens with two attached hydrogens (primary N) is 1. The highest BCUT2D eigenvalue weighted by molar-refractivity contribution is 6.07. The third-order valence-electron chi connectivity index (χ3n) is 6.03. The van der Waals surface area contributed by atoms with Crippen molar-refractivity contribution < 1.29 is 14.0 Å². The lowest BCUT2D eigenvalue weighted by Crippen LogP contribution is -2.37. The van der Waals surface area contributed by atoms with Gasteiger partial charge in [-0.1, -0.05) is 12.3 Å². The predicted molar refractivity (Wildman–Crippen MR) is 105 cm³/mol. The third kappa shape index (κ3) is 3.15. The number of hydrogen-bond acceptors (Lipinski definition) is 2. The first-order chi connectivity index (χ1) is 13.5. The summed E-state index contributed by atoms with van der Waals surface area (Å²) in [4.78, 5) is 27.1. The molecule has 1 saturated carbocycles. The molecule has 0 aliphatic heterocycles. The highest BCUT2D eigenvalue weighted by atomic mass is 19.1. The molecule has 2 atom stereocenters. The first-order valence-electron chi connectivity index (χ1n) is 9.88. The fraction of sp³-hybridized carbons (Fsp3) is 0.455. The number of carbonyl (C=O) groups excluding carboxylic acids is 2. The molecule has 2 aromatic rings. The number of aryl methyl sites for hydroxylation is 2. The molecule has 2 aliphatic carbocycles. The Bertz CT molecular complexity index is 1030. The van der Waals surface area contributed by atoms with Gasteiger partial charge in [0.15, 0.2) is 0 Å². The van der Waals surface area contributed by atoms with Gasteiger partial charge in [0.1, 0.15) is 5.82 Å². The van der Waals surface area contributed by atoms with Crippen molar-refractivity contribution in [3.05, 3.63) is 34.3 Å². The number of fused-ring (bicyclic) bond motifs is 3. The number of primary amides is 1. The molecule has 28 heavy (non-hydrogen) atoms. The second-order valence-electron chi connectivity index (χ2n) is 7.78. The van der Waals surface area contributed by atoms with E-state index in [-0.39, 0.29) is 29.2 Å². The molecule has 0 radical (unpaired) electrons. The number of hydrogen-bond donors (Lipinski definition) is 3. The molecule has 2 amide bonds. The highest BCUT2D eigenvalue weighted by Gasteiger charge is 2.31. The summed E-state index contributed by atoms with van der Waals surface area (Å²) in [7, 11) is 0. The largest absolute Gasteiger partial charge is 0.366 e. The van der Waals surface area contributed by atoms with E-state index >= 15 is 4.39 Å². The van der Waals surface area contributed by atoms with Crippen molar-refractivity contribution >= 4 is 22.7 Å². The van der Waals surface area contributed by atoms with Crippen LogP contribution in [-0.2, 0) is 17.6 Å². The lowest BCUT2D eigenvalue weighted by atomic mass is 9.79. The lowest BCUT2D eigenvalue weighted by molar-refractivity contribution is -0.116. The van der Waals surface area contributed by atoms with E-state index in [9.17, 15) is 9.59 Å². The summed E-state index contributed by atoms with van der Waals surface area (Å²) >= 11 is 0. The van der Waals surface area contributed by atoms with Crippen molar-refractivity contribution in [1.29, 1.82) is 0 Å². The van der Waals surface area contributed by atoms with Crippen molar-refractivity contribution in [2.45, 2.75) is 63.8 Å². The maximum absolute atomic E-state index is 15.2. The normalized spacial score (nSPS) is 21.1. The summed E-state index contributed by atoms with van der Waals surface area (Å²) in [6.07, 6.45) is 6.10. The van der Waals surface area contributed by atoms with Gasteiger partial charge in [-0.15, -0.1) is 0 Å². The number of aromatic nitrogens is 1. The minimum absolute atomic E-state index is 0.0152. The molecule has 1 aromatic heterocycles. The number of aromatic amines is 1. The van der Waals surface area contributed by atoms with Crippen molar-refractivity contribution in [3.63, 3.8) is 0 Å². The molecular formula is C22H24FN3O2. The van der Waals surface area contributed by atoms with Crippen molar-refractivity contribution in [2.75, 3.05) is 0 Å². The molecule has 0 saturated heterocycles. The standard InChI is InChI=1S/C22H24FN3O2/c1-2-5-18(27)25-13-7-3-6-12(10-13)19-16(23)11-15(22(24)28)21-20(19)14-8-4-9-17(14)26-21/h11-13,26H,3-4,6-10H2,1H3,(H2,24,28)(H,25,27)/t12-,13-/m0/s1. The summed E-state index contributed by atoms with van der Waals surface area (Å²) in [6, 6.07) is 1.25. The fourth-order valence-corrected chi connectivity index (χ4v) is 4.93. The van der Waals surface area contributed by atoms with Gasteiger partial charge in [-0.05, 0) is 68.9 Å². The van der Waals surface area contributed by atoms with E-state index in [4.69, 9.17) is 5.73 Å². The highest BCUT2D eigenvalue weighted by Crippen LogP contribution is 2.42. The zero-order chi connectivity index (χ0) is 19.8. The second kappa shape index (κ2) is 7.31. The van der Waals surface area contributed by atoms with E-state index in [0.717, 1.165) is 55.2 Å². The quantitative estimate of drug-likeness (QED) is 0.714. The molecule has 0 bridgehead atoms. The molecule has 1 fully saturated rings. The van der Waals surface area contributed by atoms with Gasteiger partial charge in [-0.25, -0.2) is 4.39 Å². The van der Waals surface area contributed by atoms with Crippen molar-refractivity contribution in [3.8, 4) is 11.8 Å². The number of carbonyl (C=O) groups is 2. The molecular weight excluding hydrogens is 357 g/mol. The Hall–Kier alpha value is -2.81.